The van der Waals surface area contributed by atoms with Crippen LogP contribution in [0.3, 0.4) is 0 Å². The quantitative estimate of drug-likeness (QED) is 0.582. The Morgan fingerprint density at radius 2 is 1.82 bits per heavy atom. The normalized spacial score (nSPS) is 16.2. The highest BCUT2D eigenvalue weighted by Gasteiger charge is 2.38. The monoisotopic (exact) mass is 413 g/mol. The van der Waals surface area contributed by atoms with Crippen molar-refractivity contribution in [1.82, 2.24) is 5.32 Å². The number of nitrogens with two attached hydrogens (primary N) is 1. The van der Waals surface area contributed by atoms with Crippen molar-refractivity contribution in [3.63, 3.8) is 0 Å². The van der Waals surface area contributed by atoms with Crippen LogP contribution < -0.4 is 16.4 Å². The lowest BCUT2D eigenvalue weighted by atomic mass is 9.79. The molecule has 0 spiro atoms. The third-order valence-electron chi connectivity index (χ3n) is 4.72. The SMILES string of the molecule is CCOC(=O)C(C)NC(=O)c1ccc(NC(=O)C2(CN)CCOCC2)cc1.Cl. The molecule has 0 bridgehead atoms. The number of hydrogen-bond donors (Lipinski definition) is 3. The highest BCUT2D eigenvalue weighted by Crippen LogP contribution is 2.30. The summed E-state index contributed by atoms with van der Waals surface area (Å²) >= 11 is 0. The fourth-order valence-electron chi connectivity index (χ4n) is 2.86. The second-order valence-corrected chi connectivity index (χ2v) is 6.58. The smallest absolute Gasteiger partial charge is 0.328 e. The molecule has 1 atom stereocenters. The predicted octanol–water partition coefficient (Wildman–Crippen LogP) is 1.48. The van der Waals surface area contributed by atoms with Gasteiger partial charge in [0.15, 0.2) is 0 Å². The van der Waals surface area contributed by atoms with E-state index < -0.39 is 23.3 Å². The van der Waals surface area contributed by atoms with Crippen LogP contribution in [-0.4, -0.2) is 50.2 Å². The van der Waals surface area contributed by atoms with Crippen molar-refractivity contribution >= 4 is 35.9 Å². The Kier molecular flexibility index (Phi) is 9.37. The molecule has 9 heteroatoms. The van der Waals surface area contributed by atoms with E-state index in [9.17, 15) is 14.4 Å². The fraction of sp³-hybridized carbons (Fsp3) is 0.526. The maximum atomic E-state index is 12.6. The van der Waals surface area contributed by atoms with E-state index in [0.717, 1.165) is 0 Å². The lowest BCUT2D eigenvalue weighted by Crippen LogP contribution is -2.46. The maximum Gasteiger partial charge on any atom is 0.328 e. The Morgan fingerprint density at radius 1 is 1.21 bits per heavy atom. The molecule has 1 heterocycles. The molecule has 1 saturated heterocycles. The second kappa shape index (κ2) is 11.0. The molecule has 1 unspecified atom stereocenters. The number of hydrogen-bond acceptors (Lipinski definition) is 6. The van der Waals surface area contributed by atoms with Gasteiger partial charge in [0.25, 0.3) is 5.91 Å². The largest absolute Gasteiger partial charge is 0.464 e. The zero-order valence-electron chi connectivity index (χ0n) is 16.2. The van der Waals surface area contributed by atoms with E-state index in [1.54, 1.807) is 38.1 Å². The predicted molar refractivity (Wildman–Crippen MR) is 107 cm³/mol. The topological polar surface area (TPSA) is 120 Å². The summed E-state index contributed by atoms with van der Waals surface area (Å²) in [5.41, 5.74) is 6.18. The van der Waals surface area contributed by atoms with Crippen LogP contribution >= 0.6 is 12.4 Å². The third kappa shape index (κ3) is 5.92. The summed E-state index contributed by atoms with van der Waals surface area (Å²) in [6, 6.07) is 5.72. The molecule has 1 aliphatic heterocycles. The Hall–Kier alpha value is -2.16. The molecular weight excluding hydrogens is 386 g/mol. The molecule has 4 N–H and O–H groups in total. The van der Waals surface area contributed by atoms with Crippen LogP contribution in [0, 0.1) is 5.41 Å². The number of esters is 1. The number of ether oxygens (including phenoxy) is 2. The first-order valence-corrected chi connectivity index (χ1v) is 9.08. The van der Waals surface area contributed by atoms with Gasteiger partial charge in [-0.1, -0.05) is 0 Å². The van der Waals surface area contributed by atoms with Gasteiger partial charge in [-0.3, -0.25) is 9.59 Å². The standard InChI is InChI=1S/C19H27N3O5.ClH/c1-3-27-17(24)13(2)21-16(23)14-4-6-15(7-5-14)22-18(25)19(12-20)8-10-26-11-9-19;/h4-7,13H,3,8-12,20H2,1-2H3,(H,21,23)(H,22,25);1H. The lowest BCUT2D eigenvalue weighted by Gasteiger charge is -2.34. The zero-order valence-corrected chi connectivity index (χ0v) is 17.0. The molecule has 156 valence electrons. The molecule has 0 radical (unpaired) electrons. The first-order chi connectivity index (χ1) is 12.9. The number of nitrogens with one attached hydrogen (secondary N) is 2. The molecule has 0 saturated carbocycles. The molecule has 8 nitrogen and oxygen atoms in total. The summed E-state index contributed by atoms with van der Waals surface area (Å²) < 4.78 is 10.2. The van der Waals surface area contributed by atoms with E-state index in [1.807, 2.05) is 0 Å². The minimum Gasteiger partial charge on any atom is -0.464 e. The average Bonchev–Trinajstić information content (AvgIpc) is 2.69. The Morgan fingerprint density at radius 3 is 2.36 bits per heavy atom. The second-order valence-electron chi connectivity index (χ2n) is 6.58. The van der Waals surface area contributed by atoms with Crippen molar-refractivity contribution in [1.29, 1.82) is 0 Å². The number of carbonyl (C=O) groups is 3. The van der Waals surface area contributed by atoms with E-state index in [1.165, 1.54) is 0 Å². The number of anilines is 1. The molecule has 0 aliphatic carbocycles. The van der Waals surface area contributed by atoms with Crippen LogP contribution in [0.15, 0.2) is 24.3 Å². The molecule has 2 amide bonds. The summed E-state index contributed by atoms with van der Waals surface area (Å²) in [6.07, 6.45) is 1.17. The van der Waals surface area contributed by atoms with E-state index >= 15 is 0 Å². The lowest BCUT2D eigenvalue weighted by molar-refractivity contribution is -0.144. The summed E-state index contributed by atoms with van der Waals surface area (Å²) in [6.45, 7) is 4.81. The van der Waals surface area contributed by atoms with Crippen molar-refractivity contribution in [2.45, 2.75) is 32.7 Å². The number of benzene rings is 1. The van der Waals surface area contributed by atoms with Crippen LogP contribution in [-0.2, 0) is 19.1 Å². The van der Waals surface area contributed by atoms with Crippen LogP contribution in [0.4, 0.5) is 5.69 Å². The van der Waals surface area contributed by atoms with Gasteiger partial charge in [-0.05, 0) is 51.0 Å². The van der Waals surface area contributed by atoms with Gasteiger partial charge in [-0.25, -0.2) is 4.79 Å². The van der Waals surface area contributed by atoms with Gasteiger partial charge in [0.05, 0.1) is 12.0 Å². The van der Waals surface area contributed by atoms with Gasteiger partial charge in [-0.15, -0.1) is 12.4 Å². The van der Waals surface area contributed by atoms with E-state index in [0.29, 0.717) is 37.3 Å². The van der Waals surface area contributed by atoms with Crippen molar-refractivity contribution in [3.05, 3.63) is 29.8 Å². The molecule has 1 aromatic rings. The van der Waals surface area contributed by atoms with E-state index in [4.69, 9.17) is 15.2 Å². The van der Waals surface area contributed by atoms with E-state index in [2.05, 4.69) is 10.6 Å². The van der Waals surface area contributed by atoms with Gasteiger partial charge in [0.2, 0.25) is 5.91 Å². The molecular formula is C19H28ClN3O5. The molecule has 2 rings (SSSR count). The van der Waals surface area contributed by atoms with Gasteiger partial charge < -0.3 is 25.8 Å². The summed E-state index contributed by atoms with van der Waals surface area (Å²) in [5, 5.41) is 5.44. The molecule has 1 aromatic carbocycles. The maximum absolute atomic E-state index is 12.6. The average molecular weight is 414 g/mol. The first kappa shape index (κ1) is 23.9. The Balaban J connectivity index is 0.00000392. The number of amides is 2. The Labute approximate surface area is 170 Å². The van der Waals surface area contributed by atoms with Crippen LogP contribution in [0.1, 0.15) is 37.0 Å². The van der Waals surface area contributed by atoms with Crippen molar-refractivity contribution < 1.29 is 23.9 Å². The molecule has 1 fully saturated rings. The third-order valence-corrected chi connectivity index (χ3v) is 4.72. The minimum atomic E-state index is -0.741. The zero-order chi connectivity index (χ0) is 19.9. The highest BCUT2D eigenvalue weighted by atomic mass is 35.5. The minimum absolute atomic E-state index is 0. The van der Waals surface area contributed by atoms with Gasteiger partial charge in [0, 0.05) is 31.0 Å². The van der Waals surface area contributed by atoms with Crippen molar-refractivity contribution in [2.24, 2.45) is 11.1 Å². The van der Waals surface area contributed by atoms with Crippen molar-refractivity contribution in [2.75, 3.05) is 31.7 Å². The number of halogens is 1. The van der Waals surface area contributed by atoms with Crippen LogP contribution in [0.25, 0.3) is 0 Å². The fourth-order valence-corrected chi connectivity index (χ4v) is 2.86. The molecule has 1 aliphatic rings. The van der Waals surface area contributed by atoms with Gasteiger partial charge in [0.1, 0.15) is 6.04 Å². The van der Waals surface area contributed by atoms with Crippen molar-refractivity contribution in [3.8, 4) is 0 Å². The van der Waals surface area contributed by atoms with E-state index in [-0.39, 0.29) is 31.5 Å². The number of carbonyl (C=O) groups excluding carboxylic acids is 3. The Bertz CT molecular complexity index is 675. The molecule has 28 heavy (non-hydrogen) atoms. The first-order valence-electron chi connectivity index (χ1n) is 9.08. The summed E-state index contributed by atoms with van der Waals surface area (Å²) in [4.78, 5) is 36.4. The highest BCUT2D eigenvalue weighted by molar-refractivity contribution is 5.98. The van der Waals surface area contributed by atoms with Crippen LogP contribution in [0.2, 0.25) is 0 Å². The van der Waals surface area contributed by atoms with Gasteiger partial charge >= 0.3 is 5.97 Å². The number of rotatable bonds is 7. The van der Waals surface area contributed by atoms with Gasteiger partial charge in [-0.2, -0.15) is 0 Å². The summed E-state index contributed by atoms with van der Waals surface area (Å²) in [5.74, 6) is -1.02. The summed E-state index contributed by atoms with van der Waals surface area (Å²) in [7, 11) is 0. The van der Waals surface area contributed by atoms with Crippen LogP contribution in [0.5, 0.6) is 0 Å². The molecule has 0 aromatic heterocycles.